The number of amides is 1. The van der Waals surface area contributed by atoms with Gasteiger partial charge in [0.15, 0.2) is 5.82 Å². The lowest BCUT2D eigenvalue weighted by Crippen LogP contribution is -2.51. The Bertz CT molecular complexity index is 1960. The maximum atomic E-state index is 13.3. The van der Waals surface area contributed by atoms with E-state index in [1.54, 1.807) is 16.8 Å². The van der Waals surface area contributed by atoms with Crippen molar-refractivity contribution in [1.82, 2.24) is 20.4 Å². The molecule has 13 nitrogen and oxygen atoms in total. The summed E-state index contributed by atoms with van der Waals surface area (Å²) in [7, 11) is -2.66. The van der Waals surface area contributed by atoms with Crippen molar-refractivity contribution in [3.8, 4) is 11.8 Å². The van der Waals surface area contributed by atoms with Crippen LogP contribution in [0.4, 0.5) is 19.0 Å². The average Bonchev–Trinajstić information content (AvgIpc) is 3.39. The Morgan fingerprint density at radius 1 is 1.19 bits per heavy atom. The second-order valence-corrected chi connectivity index (χ2v) is 12.2. The van der Waals surface area contributed by atoms with Crippen molar-refractivity contribution in [1.29, 1.82) is 5.26 Å². The van der Waals surface area contributed by atoms with Gasteiger partial charge in [0.25, 0.3) is 10.0 Å². The number of fused-ring (bicyclic) bond motifs is 1. The molecule has 3 aromatic carbocycles. The molecule has 48 heavy (non-hydrogen) atoms. The van der Waals surface area contributed by atoms with Crippen molar-refractivity contribution in [2.24, 2.45) is 0 Å². The van der Waals surface area contributed by atoms with Crippen LogP contribution in [0.15, 0.2) is 65.6 Å². The summed E-state index contributed by atoms with van der Waals surface area (Å²) in [5.41, 5.74) is 2.69. The summed E-state index contributed by atoms with van der Waals surface area (Å²) in [6.45, 7) is 2.23. The summed E-state index contributed by atoms with van der Waals surface area (Å²) < 4.78 is 73.4. The Hall–Kier alpha value is -4.89. The number of benzene rings is 3. The summed E-state index contributed by atoms with van der Waals surface area (Å²) in [5.74, 6) is -2.37. The highest BCUT2D eigenvalue weighted by Gasteiger charge is 2.38. The molecule has 1 aromatic heterocycles. The van der Waals surface area contributed by atoms with Gasteiger partial charge >= 0.3 is 12.1 Å². The largest absolute Gasteiger partial charge is 0.496 e. The van der Waals surface area contributed by atoms with Crippen LogP contribution in [-0.2, 0) is 37.4 Å². The van der Waals surface area contributed by atoms with Crippen LogP contribution in [0.5, 0.6) is 5.75 Å². The van der Waals surface area contributed by atoms with E-state index in [0.29, 0.717) is 49.5 Å². The molecule has 2 heterocycles. The molecule has 1 saturated heterocycles. The van der Waals surface area contributed by atoms with Gasteiger partial charge in [0, 0.05) is 13.1 Å². The first-order valence-corrected chi connectivity index (χ1v) is 15.8. The monoisotopic (exact) mass is 708 g/mol. The molecule has 5 rings (SSSR count). The first-order chi connectivity index (χ1) is 22.7. The Kier molecular flexibility index (Phi) is 11.5. The topological polar surface area (TPSA) is 185 Å². The van der Waals surface area contributed by atoms with Crippen LogP contribution < -0.4 is 20.1 Å². The molecular weight excluding hydrogens is 681 g/mol. The van der Waals surface area contributed by atoms with Crippen LogP contribution in [0, 0.1) is 11.3 Å². The molecule has 254 valence electrons. The van der Waals surface area contributed by atoms with Crippen molar-refractivity contribution in [3.63, 3.8) is 0 Å². The molecule has 0 bridgehead atoms. The summed E-state index contributed by atoms with van der Waals surface area (Å²) in [4.78, 5) is 21.2. The molecule has 4 N–H and O–H groups in total. The maximum absolute atomic E-state index is 13.3. The molecule has 1 fully saturated rings. The molecule has 0 radical (unpaired) electrons. The average molecular weight is 709 g/mol. The molecule has 1 amide bonds. The normalized spacial score (nSPS) is 14.7. The molecule has 1 aliphatic heterocycles. The third-order valence-electron chi connectivity index (χ3n) is 6.81. The number of aromatic nitrogens is 2. The van der Waals surface area contributed by atoms with E-state index in [0.717, 1.165) is 11.1 Å². The number of anilines is 1. The number of carbonyl (C=O) groups is 2. The number of alkyl halides is 3. The number of halogens is 4. The minimum absolute atomic E-state index is 0.0727. The molecule has 1 atom stereocenters. The van der Waals surface area contributed by atoms with Crippen molar-refractivity contribution in [3.05, 3.63) is 82.4 Å². The standard InChI is InChI=1S/C28H27ClN6O5S.C2HF3O2/c1-39-24-7-3-6-23-26(24)27(34-41(37,38)25-9-8-18(14-30)13-21(25)29)33-35(23)16-20-5-2-4-19(12-20)15-32-28(36)22-17-40-11-10-31-22;3-2(4,5)1(6)7/h2-9,12-13,22,31H,10-11,15-17H2,1H3,(H,32,36)(H,33,34);(H,6,7)/t22-;/m1./s1. The fourth-order valence-corrected chi connectivity index (χ4v) is 6.14. The van der Waals surface area contributed by atoms with Crippen molar-refractivity contribution < 1.29 is 45.8 Å². The number of sulfonamides is 1. The lowest BCUT2D eigenvalue weighted by molar-refractivity contribution is -0.192. The van der Waals surface area contributed by atoms with E-state index < -0.39 is 22.2 Å². The number of carboxylic acids is 1. The minimum atomic E-state index is -5.08. The summed E-state index contributed by atoms with van der Waals surface area (Å²) in [6.07, 6.45) is -5.08. The number of aliphatic carboxylic acids is 1. The zero-order valence-electron chi connectivity index (χ0n) is 25.0. The number of nitrogens with one attached hydrogen (secondary N) is 3. The lowest BCUT2D eigenvalue weighted by atomic mass is 10.1. The van der Waals surface area contributed by atoms with Gasteiger partial charge < -0.3 is 25.2 Å². The molecule has 0 unspecified atom stereocenters. The van der Waals surface area contributed by atoms with Crippen molar-refractivity contribution in [2.45, 2.75) is 30.2 Å². The fourth-order valence-electron chi connectivity index (χ4n) is 4.59. The van der Waals surface area contributed by atoms with Crippen LogP contribution in [0.1, 0.15) is 16.7 Å². The van der Waals surface area contributed by atoms with Gasteiger partial charge in [-0.2, -0.15) is 23.5 Å². The number of ether oxygens (including phenoxy) is 2. The van der Waals surface area contributed by atoms with E-state index in [4.69, 9.17) is 36.2 Å². The van der Waals surface area contributed by atoms with E-state index in [-0.39, 0.29) is 33.2 Å². The highest BCUT2D eigenvalue weighted by atomic mass is 35.5. The molecular formula is C30H28ClF3N6O7S. The zero-order valence-corrected chi connectivity index (χ0v) is 26.6. The van der Waals surface area contributed by atoms with Crippen molar-refractivity contribution >= 4 is 50.2 Å². The van der Waals surface area contributed by atoms with E-state index in [1.165, 1.54) is 25.3 Å². The van der Waals surface area contributed by atoms with Gasteiger partial charge in [0.1, 0.15) is 16.7 Å². The molecule has 0 spiro atoms. The van der Waals surface area contributed by atoms with Gasteiger partial charge in [-0.25, -0.2) is 13.2 Å². The van der Waals surface area contributed by atoms with Crippen LogP contribution in [-0.4, -0.2) is 74.3 Å². The smallest absolute Gasteiger partial charge is 0.490 e. The van der Waals surface area contributed by atoms with Gasteiger partial charge in [-0.15, -0.1) is 0 Å². The SMILES string of the molecule is COc1cccc2c1c(NS(=O)(=O)c1ccc(C#N)cc1Cl)nn2Cc1cccc(CNC(=O)[C@H]2COCCN2)c1.O=C(O)C(F)(F)F. The second-order valence-electron chi connectivity index (χ2n) is 10.1. The number of carbonyl (C=O) groups excluding carboxylic acids is 1. The van der Waals surface area contributed by atoms with Crippen molar-refractivity contribution in [2.75, 3.05) is 31.6 Å². The highest BCUT2D eigenvalue weighted by molar-refractivity contribution is 7.92. The van der Waals surface area contributed by atoms with Gasteiger partial charge in [0.2, 0.25) is 5.91 Å². The summed E-state index contributed by atoms with van der Waals surface area (Å²) in [5, 5.41) is 27.3. The van der Waals surface area contributed by atoms with Gasteiger partial charge in [-0.05, 0) is 41.5 Å². The molecule has 18 heteroatoms. The number of carboxylic acid groups (broad SMARTS) is 1. The number of hydrogen-bond acceptors (Lipinski definition) is 9. The van der Waals surface area contributed by atoms with Crippen LogP contribution in [0.3, 0.4) is 0 Å². The first-order valence-electron chi connectivity index (χ1n) is 14.0. The molecule has 0 saturated carbocycles. The summed E-state index contributed by atoms with van der Waals surface area (Å²) in [6, 6.07) is 18.5. The predicted octanol–water partition coefficient (Wildman–Crippen LogP) is 3.66. The lowest BCUT2D eigenvalue weighted by Gasteiger charge is -2.22. The Morgan fingerprint density at radius 3 is 2.52 bits per heavy atom. The first kappa shape index (κ1) is 36.0. The number of rotatable bonds is 9. The maximum Gasteiger partial charge on any atom is 0.490 e. The van der Waals surface area contributed by atoms with Gasteiger partial charge in [-0.1, -0.05) is 41.9 Å². The number of nitriles is 1. The molecule has 0 aliphatic carbocycles. The van der Waals surface area contributed by atoms with E-state index >= 15 is 0 Å². The quantitative estimate of drug-likeness (QED) is 0.200. The number of morpholine rings is 1. The number of nitrogens with zero attached hydrogens (tertiary/aromatic N) is 3. The van der Waals surface area contributed by atoms with E-state index in [1.807, 2.05) is 36.4 Å². The number of hydrogen-bond donors (Lipinski definition) is 4. The van der Waals surface area contributed by atoms with Crippen LogP contribution >= 0.6 is 11.6 Å². The van der Waals surface area contributed by atoms with Gasteiger partial charge in [0.05, 0.1) is 54.4 Å². The molecule has 1 aliphatic rings. The van der Waals surface area contributed by atoms with E-state index in [2.05, 4.69) is 20.5 Å². The molecule has 4 aromatic rings. The highest BCUT2D eigenvalue weighted by Crippen LogP contribution is 2.34. The fraction of sp³-hybridized carbons (Fsp3) is 0.267. The third-order valence-corrected chi connectivity index (χ3v) is 8.63. The zero-order chi connectivity index (χ0) is 35.1. The summed E-state index contributed by atoms with van der Waals surface area (Å²) >= 11 is 6.20. The second kappa shape index (κ2) is 15.3. The minimum Gasteiger partial charge on any atom is -0.496 e. The Labute approximate surface area is 277 Å². The van der Waals surface area contributed by atoms with Gasteiger partial charge in [-0.3, -0.25) is 14.2 Å². The predicted molar refractivity (Wildman–Crippen MR) is 167 cm³/mol. The van der Waals surface area contributed by atoms with E-state index in [9.17, 15) is 26.4 Å². The van der Waals surface area contributed by atoms with Crippen LogP contribution in [0.2, 0.25) is 5.02 Å². The Balaban J connectivity index is 0.000000671. The Morgan fingerprint density at radius 2 is 1.90 bits per heavy atom. The van der Waals surface area contributed by atoms with Crippen LogP contribution in [0.25, 0.3) is 10.9 Å². The third kappa shape index (κ3) is 8.92. The number of methoxy groups -OCH3 is 1.